The Morgan fingerprint density at radius 2 is 2.10 bits per heavy atom. The van der Waals surface area contributed by atoms with Gasteiger partial charge in [0.1, 0.15) is 0 Å². The molecule has 10 heteroatoms. The summed E-state index contributed by atoms with van der Waals surface area (Å²) in [6, 6.07) is 15.7. The van der Waals surface area contributed by atoms with Crippen LogP contribution in [0, 0.1) is 6.92 Å². The van der Waals surface area contributed by atoms with E-state index in [0.29, 0.717) is 10.3 Å². The van der Waals surface area contributed by atoms with Gasteiger partial charge in [-0.05, 0) is 41.1 Å². The van der Waals surface area contributed by atoms with Crippen LogP contribution in [0.1, 0.15) is 5.56 Å². The summed E-state index contributed by atoms with van der Waals surface area (Å²) in [5, 5.41) is 17.7. The van der Waals surface area contributed by atoms with E-state index in [1.54, 1.807) is 4.68 Å². The Hall–Kier alpha value is -2.56. The third-order valence-corrected chi connectivity index (χ3v) is 6.16. The minimum absolute atomic E-state index is 0.163. The molecule has 0 saturated heterocycles. The number of thioether (sulfide) groups is 1. The second-order valence-electron chi connectivity index (χ2n) is 6.04. The first-order valence-electron chi connectivity index (χ1n) is 8.58. The Morgan fingerprint density at radius 3 is 2.93 bits per heavy atom. The van der Waals surface area contributed by atoms with Gasteiger partial charge in [0.05, 0.1) is 17.1 Å². The molecule has 0 spiro atoms. The molecule has 1 amide bonds. The number of para-hydroxylation sites is 1. The van der Waals surface area contributed by atoms with E-state index in [9.17, 15) is 4.79 Å². The third-order valence-electron chi connectivity index (χ3n) is 3.99. The van der Waals surface area contributed by atoms with Crippen LogP contribution in [0.2, 0.25) is 0 Å². The zero-order valence-corrected chi connectivity index (χ0v) is 18.5. The molecule has 0 aliphatic heterocycles. The quantitative estimate of drug-likeness (QED) is 0.401. The van der Waals surface area contributed by atoms with E-state index < -0.39 is 0 Å². The van der Waals surface area contributed by atoms with Crippen LogP contribution >= 0.6 is 39.0 Å². The van der Waals surface area contributed by atoms with E-state index in [0.717, 1.165) is 27.0 Å². The maximum Gasteiger partial charge on any atom is 0.236 e. The van der Waals surface area contributed by atoms with Gasteiger partial charge < -0.3 is 5.32 Å². The van der Waals surface area contributed by atoms with Crippen LogP contribution in [-0.2, 0) is 4.79 Å². The van der Waals surface area contributed by atoms with Gasteiger partial charge >= 0.3 is 0 Å². The van der Waals surface area contributed by atoms with Crippen LogP contribution in [0.4, 0.5) is 5.13 Å². The van der Waals surface area contributed by atoms with Gasteiger partial charge in [0.2, 0.25) is 11.1 Å². The Kier molecular flexibility index (Phi) is 6.02. The predicted octanol–water partition coefficient (Wildman–Crippen LogP) is 4.59. The molecule has 0 aliphatic rings. The number of aromatic nitrogens is 5. The van der Waals surface area contributed by atoms with Crippen molar-refractivity contribution >= 4 is 50.1 Å². The lowest BCUT2D eigenvalue weighted by molar-refractivity contribution is -0.113. The number of halogens is 1. The van der Waals surface area contributed by atoms with E-state index >= 15 is 0 Å². The third kappa shape index (κ3) is 4.72. The molecule has 29 heavy (non-hydrogen) atoms. The number of anilines is 1. The number of nitrogens with zero attached hydrogens (tertiary/aromatic N) is 5. The molecule has 0 radical (unpaired) electrons. The molecule has 4 aromatic rings. The van der Waals surface area contributed by atoms with Gasteiger partial charge in [-0.1, -0.05) is 58.0 Å². The summed E-state index contributed by atoms with van der Waals surface area (Å²) < 4.78 is 2.62. The molecule has 2 aromatic carbocycles. The summed E-state index contributed by atoms with van der Waals surface area (Å²) in [5.74, 6) is 0.0161. The van der Waals surface area contributed by atoms with E-state index in [2.05, 4.69) is 41.8 Å². The topological polar surface area (TPSA) is 85.6 Å². The molecule has 146 valence electrons. The molecule has 1 N–H and O–H groups in total. The highest BCUT2D eigenvalue weighted by molar-refractivity contribution is 9.10. The number of hydrogen-bond donors (Lipinski definition) is 1. The summed E-state index contributed by atoms with van der Waals surface area (Å²) in [6.45, 7) is 1.99. The number of carbonyl (C=O) groups excluding carboxylic acids is 1. The first-order valence-corrected chi connectivity index (χ1v) is 11.2. The Morgan fingerprint density at radius 1 is 1.24 bits per heavy atom. The van der Waals surface area contributed by atoms with Crippen molar-refractivity contribution in [3.63, 3.8) is 0 Å². The lowest BCUT2D eigenvalue weighted by Gasteiger charge is -2.06. The summed E-state index contributed by atoms with van der Waals surface area (Å²) in [6.07, 6.45) is 0. The molecule has 0 fully saturated rings. The number of benzene rings is 2. The van der Waals surface area contributed by atoms with Crippen molar-refractivity contribution in [1.82, 2.24) is 25.2 Å². The van der Waals surface area contributed by atoms with Gasteiger partial charge in [-0.15, -0.1) is 16.4 Å². The van der Waals surface area contributed by atoms with Gasteiger partial charge in [0, 0.05) is 15.4 Å². The van der Waals surface area contributed by atoms with Crippen LogP contribution in [-0.4, -0.2) is 36.9 Å². The van der Waals surface area contributed by atoms with Crippen molar-refractivity contribution in [2.45, 2.75) is 12.1 Å². The van der Waals surface area contributed by atoms with E-state index in [1.165, 1.54) is 23.1 Å². The van der Waals surface area contributed by atoms with Gasteiger partial charge in [0.25, 0.3) is 0 Å². The SMILES string of the molecule is Cc1ccccc1-n1nnnc1SCC(=O)Nc1nc(-c2cccc(Br)c2)cs1. The first kappa shape index (κ1) is 19.7. The van der Waals surface area contributed by atoms with E-state index in [-0.39, 0.29) is 11.7 Å². The minimum Gasteiger partial charge on any atom is -0.301 e. The van der Waals surface area contributed by atoms with Crippen LogP contribution in [0.5, 0.6) is 0 Å². The number of hydrogen-bond acceptors (Lipinski definition) is 7. The minimum atomic E-state index is -0.163. The van der Waals surface area contributed by atoms with Crippen molar-refractivity contribution < 1.29 is 4.79 Å². The number of rotatable bonds is 6. The lowest BCUT2D eigenvalue weighted by Crippen LogP contribution is -2.14. The zero-order valence-electron chi connectivity index (χ0n) is 15.2. The number of amides is 1. The average Bonchev–Trinajstić information content (AvgIpc) is 3.36. The molecule has 2 aromatic heterocycles. The lowest BCUT2D eigenvalue weighted by atomic mass is 10.2. The monoisotopic (exact) mass is 486 g/mol. The molecule has 7 nitrogen and oxygen atoms in total. The van der Waals surface area contributed by atoms with Crippen molar-refractivity contribution in [3.8, 4) is 16.9 Å². The second-order valence-corrected chi connectivity index (χ2v) is 8.76. The predicted molar refractivity (Wildman–Crippen MR) is 118 cm³/mol. The molecule has 0 saturated carbocycles. The summed E-state index contributed by atoms with van der Waals surface area (Å²) >= 11 is 6.12. The molecule has 2 heterocycles. The number of tetrazole rings is 1. The van der Waals surface area contributed by atoms with Crippen LogP contribution in [0.25, 0.3) is 16.9 Å². The summed E-state index contributed by atoms with van der Waals surface area (Å²) in [7, 11) is 0. The van der Waals surface area contributed by atoms with Gasteiger partial charge in [-0.2, -0.15) is 4.68 Å². The standard InChI is InChI=1S/C19H15BrN6OS2/c1-12-5-2-3-8-16(12)26-19(23-24-25-26)29-11-17(27)22-18-21-15(10-28-18)13-6-4-7-14(20)9-13/h2-10H,11H2,1H3,(H,21,22,27). The van der Waals surface area contributed by atoms with E-state index in [4.69, 9.17) is 0 Å². The first-order chi connectivity index (χ1) is 14.1. The van der Waals surface area contributed by atoms with Crippen LogP contribution < -0.4 is 5.32 Å². The number of carbonyl (C=O) groups is 1. The molecule has 0 bridgehead atoms. The fourth-order valence-corrected chi connectivity index (χ4v) is 4.44. The summed E-state index contributed by atoms with van der Waals surface area (Å²) in [5.41, 5.74) is 3.75. The van der Waals surface area contributed by atoms with Crippen LogP contribution in [0.3, 0.4) is 0 Å². The Bertz CT molecular complexity index is 1160. The van der Waals surface area contributed by atoms with Crippen molar-refractivity contribution in [1.29, 1.82) is 0 Å². The fraction of sp³-hybridized carbons (Fsp3) is 0.105. The largest absolute Gasteiger partial charge is 0.301 e. The van der Waals surface area contributed by atoms with Crippen molar-refractivity contribution in [3.05, 3.63) is 63.9 Å². The van der Waals surface area contributed by atoms with Crippen molar-refractivity contribution in [2.24, 2.45) is 0 Å². The van der Waals surface area contributed by atoms with Crippen molar-refractivity contribution in [2.75, 3.05) is 11.1 Å². The second kappa shape index (κ2) is 8.85. The summed E-state index contributed by atoms with van der Waals surface area (Å²) in [4.78, 5) is 16.9. The fourth-order valence-electron chi connectivity index (χ4n) is 2.62. The molecule has 0 atom stereocenters. The highest BCUT2D eigenvalue weighted by atomic mass is 79.9. The number of nitrogens with one attached hydrogen (secondary N) is 1. The highest BCUT2D eigenvalue weighted by Crippen LogP contribution is 2.27. The van der Waals surface area contributed by atoms with Gasteiger partial charge in [0.15, 0.2) is 5.13 Å². The molecule has 4 rings (SSSR count). The zero-order chi connectivity index (χ0) is 20.2. The van der Waals surface area contributed by atoms with Gasteiger partial charge in [-0.25, -0.2) is 4.98 Å². The molecule has 0 unspecified atom stereocenters. The Labute approximate surface area is 183 Å². The van der Waals surface area contributed by atoms with Crippen LogP contribution in [0.15, 0.2) is 63.5 Å². The average molecular weight is 487 g/mol. The maximum absolute atomic E-state index is 12.4. The number of aryl methyl sites for hydroxylation is 1. The van der Waals surface area contributed by atoms with Gasteiger partial charge in [-0.3, -0.25) is 4.79 Å². The maximum atomic E-state index is 12.4. The molecular weight excluding hydrogens is 472 g/mol. The Balaban J connectivity index is 1.40. The molecular formula is C19H15BrN6OS2. The van der Waals surface area contributed by atoms with E-state index in [1.807, 2.05) is 60.8 Å². The highest BCUT2D eigenvalue weighted by Gasteiger charge is 2.14. The molecule has 0 aliphatic carbocycles. The number of thiazole rings is 1. The smallest absolute Gasteiger partial charge is 0.236 e. The normalized spacial score (nSPS) is 10.8.